The summed E-state index contributed by atoms with van der Waals surface area (Å²) in [5.74, 6) is 0.864. The highest BCUT2D eigenvalue weighted by Gasteiger charge is 2.25. The molecule has 3 N–H and O–H groups in total. The normalized spacial score (nSPS) is 19.6. The quantitative estimate of drug-likeness (QED) is 0.820. The highest BCUT2D eigenvalue weighted by atomic mass is 16.3. The molecule has 5 nitrogen and oxygen atoms in total. The lowest BCUT2D eigenvalue weighted by atomic mass is 10.0. The van der Waals surface area contributed by atoms with Gasteiger partial charge in [0.05, 0.1) is 11.8 Å². The molecule has 1 atom stereocenters. The van der Waals surface area contributed by atoms with Crippen LogP contribution in [0.4, 0.5) is 5.82 Å². The molecule has 0 spiro atoms. The van der Waals surface area contributed by atoms with Gasteiger partial charge in [0.15, 0.2) is 5.82 Å². The molecule has 0 aromatic carbocycles. The van der Waals surface area contributed by atoms with Crippen LogP contribution in [0.25, 0.3) is 0 Å². The van der Waals surface area contributed by atoms with Gasteiger partial charge in [0, 0.05) is 25.2 Å². The zero-order chi connectivity index (χ0) is 13.1. The Hall–Kier alpha value is -1.20. The van der Waals surface area contributed by atoms with Crippen molar-refractivity contribution in [2.45, 2.75) is 45.8 Å². The first-order valence-electron chi connectivity index (χ1n) is 6.71. The molecule has 1 fully saturated rings. The van der Waals surface area contributed by atoms with Gasteiger partial charge in [-0.3, -0.25) is 0 Å². The van der Waals surface area contributed by atoms with Gasteiger partial charge in [-0.2, -0.15) is 5.10 Å². The lowest BCUT2D eigenvalue weighted by Gasteiger charge is -2.22. The zero-order valence-corrected chi connectivity index (χ0v) is 11.2. The van der Waals surface area contributed by atoms with Crippen LogP contribution in [0, 0.1) is 0 Å². The summed E-state index contributed by atoms with van der Waals surface area (Å²) in [6, 6.07) is 0. The van der Waals surface area contributed by atoms with Crippen LogP contribution in [-0.2, 0) is 19.4 Å². The summed E-state index contributed by atoms with van der Waals surface area (Å²) < 4.78 is 0. The molecule has 1 unspecified atom stereocenters. The molecule has 1 aliphatic rings. The molecule has 100 valence electrons. The molecule has 1 aliphatic heterocycles. The summed E-state index contributed by atoms with van der Waals surface area (Å²) in [7, 11) is 0. The summed E-state index contributed by atoms with van der Waals surface area (Å²) >= 11 is 0. The Morgan fingerprint density at radius 1 is 1.28 bits per heavy atom. The van der Waals surface area contributed by atoms with E-state index in [9.17, 15) is 5.11 Å². The predicted molar refractivity (Wildman–Crippen MR) is 71.5 cm³/mol. The van der Waals surface area contributed by atoms with Crippen molar-refractivity contribution in [3.63, 3.8) is 0 Å². The molecule has 2 rings (SSSR count). The number of aromatic nitrogens is 2. The Morgan fingerprint density at radius 3 is 2.56 bits per heavy atom. The van der Waals surface area contributed by atoms with Gasteiger partial charge >= 0.3 is 0 Å². The third-order valence-corrected chi connectivity index (χ3v) is 3.60. The van der Waals surface area contributed by atoms with Crippen LogP contribution >= 0.6 is 0 Å². The summed E-state index contributed by atoms with van der Waals surface area (Å²) in [6.45, 7) is 6.15. The molecule has 0 saturated carbocycles. The topological polar surface area (TPSA) is 75.3 Å². The average Bonchev–Trinajstić information content (AvgIpc) is 2.83. The van der Waals surface area contributed by atoms with Crippen molar-refractivity contribution in [2.75, 3.05) is 18.0 Å². The SMILES string of the molecule is CCc1nnc(N2CCC(O)C2)c(CN)c1CC. The standard InChI is InChI=1S/C13H22N4O/c1-3-10-11(7-14)13(16-15-12(10)4-2)17-6-5-9(18)8-17/h9,18H,3-8,14H2,1-2H3. The smallest absolute Gasteiger partial charge is 0.156 e. The van der Waals surface area contributed by atoms with Crippen molar-refractivity contribution in [1.29, 1.82) is 0 Å². The number of aliphatic hydroxyl groups excluding tert-OH is 1. The summed E-state index contributed by atoms with van der Waals surface area (Å²) in [6.07, 6.45) is 2.34. The van der Waals surface area contributed by atoms with Crippen molar-refractivity contribution in [3.8, 4) is 0 Å². The van der Waals surface area contributed by atoms with Crippen LogP contribution in [0.2, 0.25) is 0 Å². The number of aliphatic hydroxyl groups is 1. The zero-order valence-electron chi connectivity index (χ0n) is 11.2. The number of rotatable bonds is 4. The second-order valence-electron chi connectivity index (χ2n) is 4.73. The lowest BCUT2D eigenvalue weighted by Crippen LogP contribution is -2.26. The summed E-state index contributed by atoms with van der Waals surface area (Å²) in [5, 5.41) is 18.3. The molecule has 0 amide bonds. The Kier molecular flexibility index (Phi) is 4.14. The van der Waals surface area contributed by atoms with Crippen molar-refractivity contribution in [1.82, 2.24) is 10.2 Å². The number of nitrogens with zero attached hydrogens (tertiary/aromatic N) is 3. The lowest BCUT2D eigenvalue weighted by molar-refractivity contribution is 0.198. The summed E-state index contributed by atoms with van der Waals surface area (Å²) in [5.41, 5.74) is 9.26. The molecule has 1 aromatic rings. The van der Waals surface area contributed by atoms with Crippen LogP contribution in [0.1, 0.15) is 37.1 Å². The molecular weight excluding hydrogens is 228 g/mol. The van der Waals surface area contributed by atoms with Gasteiger partial charge in [0.1, 0.15) is 0 Å². The molecular formula is C13H22N4O. The van der Waals surface area contributed by atoms with Gasteiger partial charge in [0.25, 0.3) is 0 Å². The number of nitrogens with two attached hydrogens (primary N) is 1. The van der Waals surface area contributed by atoms with Gasteiger partial charge in [-0.15, -0.1) is 5.10 Å². The monoisotopic (exact) mass is 250 g/mol. The van der Waals surface area contributed by atoms with Crippen molar-refractivity contribution in [2.24, 2.45) is 5.73 Å². The Bertz CT molecular complexity index is 422. The van der Waals surface area contributed by atoms with E-state index in [1.54, 1.807) is 0 Å². The number of aryl methyl sites for hydroxylation is 1. The predicted octanol–water partition coefficient (Wildman–Crippen LogP) is 0.631. The molecule has 0 aliphatic carbocycles. The Morgan fingerprint density at radius 2 is 2.06 bits per heavy atom. The van der Waals surface area contributed by atoms with E-state index < -0.39 is 0 Å². The fourth-order valence-corrected chi connectivity index (χ4v) is 2.64. The number of hydrogen-bond acceptors (Lipinski definition) is 5. The minimum absolute atomic E-state index is 0.256. The highest BCUT2D eigenvalue weighted by molar-refractivity contribution is 5.52. The van der Waals surface area contributed by atoms with Crippen LogP contribution in [0.3, 0.4) is 0 Å². The second-order valence-corrected chi connectivity index (χ2v) is 4.73. The Labute approximate surface area is 108 Å². The second kappa shape index (κ2) is 5.63. The van der Waals surface area contributed by atoms with E-state index in [1.165, 1.54) is 5.56 Å². The number of anilines is 1. The van der Waals surface area contributed by atoms with E-state index in [2.05, 4.69) is 28.9 Å². The molecule has 1 aromatic heterocycles. The molecule has 1 saturated heterocycles. The van der Waals surface area contributed by atoms with Crippen molar-refractivity contribution >= 4 is 5.82 Å². The van der Waals surface area contributed by atoms with E-state index in [4.69, 9.17) is 5.73 Å². The maximum Gasteiger partial charge on any atom is 0.156 e. The first-order valence-corrected chi connectivity index (χ1v) is 6.71. The maximum atomic E-state index is 9.63. The van der Waals surface area contributed by atoms with Gasteiger partial charge < -0.3 is 15.7 Å². The molecule has 0 radical (unpaired) electrons. The van der Waals surface area contributed by atoms with Gasteiger partial charge in [-0.05, 0) is 24.8 Å². The third kappa shape index (κ3) is 2.33. The van der Waals surface area contributed by atoms with E-state index in [0.717, 1.165) is 42.9 Å². The average molecular weight is 250 g/mol. The van der Waals surface area contributed by atoms with Gasteiger partial charge in [-0.1, -0.05) is 13.8 Å². The summed E-state index contributed by atoms with van der Waals surface area (Å²) in [4.78, 5) is 2.10. The van der Waals surface area contributed by atoms with Crippen molar-refractivity contribution in [3.05, 3.63) is 16.8 Å². The molecule has 0 bridgehead atoms. The third-order valence-electron chi connectivity index (χ3n) is 3.60. The highest BCUT2D eigenvalue weighted by Crippen LogP contribution is 2.26. The largest absolute Gasteiger partial charge is 0.391 e. The van der Waals surface area contributed by atoms with Crippen LogP contribution in [0.5, 0.6) is 0 Å². The van der Waals surface area contributed by atoms with E-state index in [0.29, 0.717) is 13.1 Å². The van der Waals surface area contributed by atoms with E-state index in [-0.39, 0.29) is 6.10 Å². The van der Waals surface area contributed by atoms with Crippen LogP contribution < -0.4 is 10.6 Å². The minimum atomic E-state index is -0.256. The van der Waals surface area contributed by atoms with Gasteiger partial charge in [-0.25, -0.2) is 0 Å². The maximum absolute atomic E-state index is 9.63. The van der Waals surface area contributed by atoms with Crippen LogP contribution in [0.15, 0.2) is 0 Å². The molecule has 5 heteroatoms. The first-order chi connectivity index (χ1) is 8.71. The first kappa shape index (κ1) is 13.2. The van der Waals surface area contributed by atoms with Crippen molar-refractivity contribution < 1.29 is 5.11 Å². The molecule has 2 heterocycles. The number of hydrogen-bond donors (Lipinski definition) is 2. The van der Waals surface area contributed by atoms with Gasteiger partial charge in [0.2, 0.25) is 0 Å². The fraction of sp³-hybridized carbons (Fsp3) is 0.692. The minimum Gasteiger partial charge on any atom is -0.391 e. The van der Waals surface area contributed by atoms with E-state index >= 15 is 0 Å². The van der Waals surface area contributed by atoms with Crippen LogP contribution in [-0.4, -0.2) is 34.5 Å². The number of β-amino-alcohol motifs (C(OH)–C–C–N with tert-alkyl or cyclic N) is 1. The molecule has 18 heavy (non-hydrogen) atoms. The van der Waals surface area contributed by atoms with E-state index in [1.807, 2.05) is 0 Å². The Balaban J connectivity index is 2.41. The fourth-order valence-electron chi connectivity index (χ4n) is 2.64.